The van der Waals surface area contributed by atoms with E-state index in [1.807, 2.05) is 13.8 Å². The minimum absolute atomic E-state index is 0.0486. The molecule has 0 unspecified atom stereocenters. The molecule has 0 amide bonds. The number of isocyanates is 1. The van der Waals surface area contributed by atoms with Gasteiger partial charge in [-0.3, -0.25) is 0 Å². The summed E-state index contributed by atoms with van der Waals surface area (Å²) >= 11 is 0. The summed E-state index contributed by atoms with van der Waals surface area (Å²) < 4.78 is 23.1. The van der Waals surface area contributed by atoms with Crippen LogP contribution in [0.15, 0.2) is 22.0 Å². The van der Waals surface area contributed by atoms with Crippen LogP contribution in [0.2, 0.25) is 0 Å². The SMILES string of the molecule is Cc1cc(CN=C=O)c(S(C)(=O)=O)cc1C. The van der Waals surface area contributed by atoms with Crippen molar-refractivity contribution in [1.82, 2.24) is 0 Å². The van der Waals surface area contributed by atoms with Crippen LogP contribution in [0, 0.1) is 13.8 Å². The van der Waals surface area contributed by atoms with Crippen molar-refractivity contribution in [2.45, 2.75) is 25.3 Å². The third-order valence-electron chi connectivity index (χ3n) is 2.39. The van der Waals surface area contributed by atoms with Gasteiger partial charge in [-0.25, -0.2) is 18.2 Å². The second kappa shape index (κ2) is 4.60. The van der Waals surface area contributed by atoms with Crippen molar-refractivity contribution >= 4 is 15.9 Å². The van der Waals surface area contributed by atoms with Crippen LogP contribution in [0.4, 0.5) is 0 Å². The monoisotopic (exact) mass is 239 g/mol. The van der Waals surface area contributed by atoms with Gasteiger partial charge in [-0.1, -0.05) is 6.07 Å². The molecular weight excluding hydrogens is 226 g/mol. The Hall–Kier alpha value is -1.45. The minimum Gasteiger partial charge on any atom is -0.224 e. The van der Waals surface area contributed by atoms with Gasteiger partial charge in [-0.15, -0.1) is 0 Å². The fourth-order valence-electron chi connectivity index (χ4n) is 1.44. The maximum atomic E-state index is 11.5. The first-order valence-electron chi connectivity index (χ1n) is 4.70. The smallest absolute Gasteiger partial charge is 0.224 e. The van der Waals surface area contributed by atoms with Crippen molar-refractivity contribution in [2.24, 2.45) is 4.99 Å². The Morgan fingerprint density at radius 3 is 2.31 bits per heavy atom. The molecule has 0 aromatic heterocycles. The lowest BCUT2D eigenvalue weighted by atomic mass is 10.1. The van der Waals surface area contributed by atoms with Gasteiger partial charge in [-0.2, -0.15) is 0 Å². The first-order chi connectivity index (χ1) is 7.36. The highest BCUT2D eigenvalue weighted by molar-refractivity contribution is 7.90. The summed E-state index contributed by atoms with van der Waals surface area (Å²) in [5.74, 6) is 0. The molecule has 1 rings (SSSR count). The Morgan fingerprint density at radius 2 is 1.81 bits per heavy atom. The van der Waals surface area contributed by atoms with E-state index in [9.17, 15) is 13.2 Å². The van der Waals surface area contributed by atoms with E-state index in [1.165, 1.54) is 6.08 Å². The average Bonchev–Trinajstić information content (AvgIpc) is 2.17. The molecule has 0 saturated heterocycles. The highest BCUT2D eigenvalue weighted by atomic mass is 32.2. The molecule has 4 nitrogen and oxygen atoms in total. The Labute approximate surface area is 94.9 Å². The van der Waals surface area contributed by atoms with E-state index >= 15 is 0 Å². The standard InChI is InChI=1S/C11H13NO3S/c1-8-4-10(6-12-7-13)11(5-9(8)2)16(3,14)15/h4-5H,6H2,1-3H3. The van der Waals surface area contributed by atoms with Gasteiger partial charge in [0.1, 0.15) is 0 Å². The van der Waals surface area contributed by atoms with E-state index in [1.54, 1.807) is 12.1 Å². The molecule has 1 aromatic carbocycles. The summed E-state index contributed by atoms with van der Waals surface area (Å²) in [5.41, 5.74) is 2.41. The first kappa shape index (κ1) is 12.6. The molecular formula is C11H13NO3S. The third kappa shape index (κ3) is 2.78. The number of carbonyl (C=O) groups excluding carboxylic acids is 1. The van der Waals surface area contributed by atoms with E-state index in [0.29, 0.717) is 5.56 Å². The number of hydrogen-bond donors (Lipinski definition) is 0. The van der Waals surface area contributed by atoms with Gasteiger partial charge < -0.3 is 0 Å². The lowest BCUT2D eigenvalue weighted by Gasteiger charge is -2.09. The zero-order valence-electron chi connectivity index (χ0n) is 9.44. The number of aliphatic imine (C=N–C) groups is 1. The van der Waals surface area contributed by atoms with E-state index in [4.69, 9.17) is 0 Å². The number of rotatable bonds is 3. The van der Waals surface area contributed by atoms with Crippen LogP contribution in [0.3, 0.4) is 0 Å². The average molecular weight is 239 g/mol. The highest BCUT2D eigenvalue weighted by Gasteiger charge is 2.14. The number of sulfone groups is 1. The second-order valence-electron chi connectivity index (χ2n) is 3.72. The molecule has 0 aliphatic carbocycles. The largest absolute Gasteiger partial charge is 0.235 e. The molecule has 1 aromatic rings. The molecule has 0 atom stereocenters. The van der Waals surface area contributed by atoms with Crippen LogP contribution in [-0.2, 0) is 21.2 Å². The Balaban J connectivity index is 3.45. The maximum absolute atomic E-state index is 11.5. The van der Waals surface area contributed by atoms with Crippen molar-refractivity contribution in [3.8, 4) is 0 Å². The third-order valence-corrected chi connectivity index (χ3v) is 3.57. The van der Waals surface area contributed by atoms with E-state index < -0.39 is 9.84 Å². The highest BCUT2D eigenvalue weighted by Crippen LogP contribution is 2.21. The van der Waals surface area contributed by atoms with Crippen molar-refractivity contribution in [3.05, 3.63) is 28.8 Å². The molecule has 0 heterocycles. The van der Waals surface area contributed by atoms with E-state index in [2.05, 4.69) is 4.99 Å². The lowest BCUT2D eigenvalue weighted by molar-refractivity contribution is 0.562. The molecule has 0 fully saturated rings. The van der Waals surface area contributed by atoms with Crippen LogP contribution in [0.5, 0.6) is 0 Å². The number of nitrogens with zero attached hydrogens (tertiary/aromatic N) is 1. The molecule has 5 heteroatoms. The number of aryl methyl sites for hydroxylation is 2. The van der Waals surface area contributed by atoms with Gasteiger partial charge in [0.05, 0.1) is 11.4 Å². The maximum Gasteiger partial charge on any atom is 0.235 e. The number of benzene rings is 1. The normalized spacial score (nSPS) is 10.9. The summed E-state index contributed by atoms with van der Waals surface area (Å²) in [4.78, 5) is 13.7. The first-order valence-corrected chi connectivity index (χ1v) is 6.59. The molecule has 0 spiro atoms. The summed E-state index contributed by atoms with van der Waals surface area (Å²) in [5, 5.41) is 0. The van der Waals surface area contributed by atoms with Crippen LogP contribution >= 0.6 is 0 Å². The van der Waals surface area contributed by atoms with Gasteiger partial charge in [0.15, 0.2) is 9.84 Å². The van der Waals surface area contributed by atoms with Crippen molar-refractivity contribution in [2.75, 3.05) is 6.26 Å². The molecule has 86 valence electrons. The quantitative estimate of drug-likeness (QED) is 0.593. The predicted octanol–water partition coefficient (Wildman–Crippen LogP) is 1.54. The Bertz CT molecular complexity index is 555. The van der Waals surface area contributed by atoms with E-state index in [-0.39, 0.29) is 11.4 Å². The van der Waals surface area contributed by atoms with Crippen LogP contribution in [-0.4, -0.2) is 20.8 Å². The van der Waals surface area contributed by atoms with Crippen molar-refractivity contribution in [1.29, 1.82) is 0 Å². The molecule has 16 heavy (non-hydrogen) atoms. The Morgan fingerprint density at radius 1 is 1.25 bits per heavy atom. The van der Waals surface area contributed by atoms with Crippen LogP contribution < -0.4 is 0 Å². The summed E-state index contributed by atoms with van der Waals surface area (Å²) in [6.07, 6.45) is 2.55. The molecule has 0 aliphatic rings. The summed E-state index contributed by atoms with van der Waals surface area (Å²) in [7, 11) is -3.29. The molecule has 0 saturated carbocycles. The van der Waals surface area contributed by atoms with E-state index in [0.717, 1.165) is 17.4 Å². The fourth-order valence-corrected chi connectivity index (χ4v) is 2.43. The van der Waals surface area contributed by atoms with Crippen molar-refractivity contribution < 1.29 is 13.2 Å². The van der Waals surface area contributed by atoms with Crippen LogP contribution in [0.25, 0.3) is 0 Å². The van der Waals surface area contributed by atoms with Gasteiger partial charge in [0, 0.05) is 6.26 Å². The fraction of sp³-hybridized carbons (Fsp3) is 0.364. The second-order valence-corrected chi connectivity index (χ2v) is 5.71. The lowest BCUT2D eigenvalue weighted by Crippen LogP contribution is -2.03. The molecule has 0 bridgehead atoms. The minimum atomic E-state index is -3.29. The topological polar surface area (TPSA) is 63.6 Å². The molecule has 0 N–H and O–H groups in total. The predicted molar refractivity (Wildman–Crippen MR) is 60.9 cm³/mol. The number of hydrogen-bond acceptors (Lipinski definition) is 4. The van der Waals surface area contributed by atoms with Crippen molar-refractivity contribution in [3.63, 3.8) is 0 Å². The summed E-state index contributed by atoms with van der Waals surface area (Å²) in [6, 6.07) is 3.35. The van der Waals surface area contributed by atoms with Gasteiger partial charge in [-0.05, 0) is 36.6 Å². The van der Waals surface area contributed by atoms with Crippen LogP contribution in [0.1, 0.15) is 16.7 Å². The Kier molecular flexibility index (Phi) is 3.62. The summed E-state index contributed by atoms with van der Waals surface area (Å²) in [6.45, 7) is 3.78. The zero-order chi connectivity index (χ0) is 12.3. The zero-order valence-corrected chi connectivity index (χ0v) is 10.3. The van der Waals surface area contributed by atoms with Gasteiger partial charge >= 0.3 is 0 Å². The molecule has 0 radical (unpaired) electrons. The van der Waals surface area contributed by atoms with Gasteiger partial charge in [0.2, 0.25) is 6.08 Å². The molecule has 0 aliphatic heterocycles. The van der Waals surface area contributed by atoms with Gasteiger partial charge in [0.25, 0.3) is 0 Å².